The molecule has 1 fully saturated rings. The highest BCUT2D eigenvalue weighted by atomic mass is 35.5. The van der Waals surface area contributed by atoms with Crippen LogP contribution in [0.15, 0.2) is 40.6 Å². The van der Waals surface area contributed by atoms with Crippen LogP contribution in [0, 0.1) is 6.92 Å². The van der Waals surface area contributed by atoms with Crippen molar-refractivity contribution in [3.63, 3.8) is 0 Å². The minimum absolute atomic E-state index is 0.459. The van der Waals surface area contributed by atoms with Gasteiger partial charge in [0, 0.05) is 36.1 Å². The van der Waals surface area contributed by atoms with E-state index in [-0.39, 0.29) is 0 Å². The molecule has 0 aliphatic carbocycles. The quantitative estimate of drug-likeness (QED) is 0.745. The van der Waals surface area contributed by atoms with Gasteiger partial charge >= 0.3 is 0 Å². The summed E-state index contributed by atoms with van der Waals surface area (Å²) in [4.78, 5) is 3.38. The Bertz CT molecular complexity index is 795. The number of sulfonamides is 1. The van der Waals surface area contributed by atoms with Gasteiger partial charge in [-0.2, -0.15) is 4.31 Å². The normalized spacial score (nSPS) is 17.0. The zero-order valence-corrected chi connectivity index (χ0v) is 16.7. The maximum absolute atomic E-state index is 12.6. The van der Waals surface area contributed by atoms with Crippen LogP contribution in [0.3, 0.4) is 0 Å². The van der Waals surface area contributed by atoms with E-state index in [0.29, 0.717) is 17.3 Å². The van der Waals surface area contributed by atoms with E-state index in [1.807, 2.05) is 25.1 Å². The monoisotopic (exact) mass is 398 g/mol. The molecule has 0 bridgehead atoms. The first-order valence-electron chi connectivity index (χ1n) is 8.48. The summed E-state index contributed by atoms with van der Waals surface area (Å²) < 4.78 is 27.4. The standard InChI is InChI=1S/C18H23ClN2O2S2/c1-15-4-9-18(24-15)25(22,23)21-13-11-20(12-14-21)10-2-3-16-5-7-17(19)8-6-16/h4-9H,2-3,10-14H2,1H3. The zero-order valence-electron chi connectivity index (χ0n) is 14.3. The van der Waals surface area contributed by atoms with Gasteiger partial charge in [-0.05, 0) is 56.1 Å². The molecule has 0 saturated carbocycles. The van der Waals surface area contributed by atoms with E-state index in [1.165, 1.54) is 16.9 Å². The van der Waals surface area contributed by atoms with E-state index in [1.54, 1.807) is 10.4 Å². The van der Waals surface area contributed by atoms with Crippen molar-refractivity contribution in [2.75, 3.05) is 32.7 Å². The molecule has 0 atom stereocenters. The average Bonchev–Trinajstić information content (AvgIpc) is 3.04. The lowest BCUT2D eigenvalue weighted by Crippen LogP contribution is -2.48. The molecular weight excluding hydrogens is 376 g/mol. The molecule has 1 saturated heterocycles. The van der Waals surface area contributed by atoms with Crippen molar-refractivity contribution in [1.82, 2.24) is 9.21 Å². The first kappa shape index (κ1) is 18.9. The van der Waals surface area contributed by atoms with Crippen molar-refractivity contribution in [3.05, 3.63) is 51.9 Å². The van der Waals surface area contributed by atoms with E-state index < -0.39 is 10.0 Å². The van der Waals surface area contributed by atoms with Crippen LogP contribution in [-0.4, -0.2) is 50.3 Å². The summed E-state index contributed by atoms with van der Waals surface area (Å²) in [5.74, 6) is 0. The third-order valence-electron chi connectivity index (χ3n) is 4.49. The van der Waals surface area contributed by atoms with E-state index in [4.69, 9.17) is 11.6 Å². The number of halogens is 1. The Morgan fingerprint density at radius 1 is 1.04 bits per heavy atom. The summed E-state index contributed by atoms with van der Waals surface area (Å²) in [6.45, 7) is 5.66. The van der Waals surface area contributed by atoms with E-state index in [0.717, 1.165) is 42.4 Å². The van der Waals surface area contributed by atoms with Crippen LogP contribution in [0.2, 0.25) is 5.02 Å². The zero-order chi connectivity index (χ0) is 17.9. The third-order valence-corrected chi connectivity index (χ3v) is 8.11. The number of thiophene rings is 1. The molecule has 2 aromatic rings. The van der Waals surface area contributed by atoms with Crippen LogP contribution in [-0.2, 0) is 16.4 Å². The van der Waals surface area contributed by atoms with Crippen LogP contribution < -0.4 is 0 Å². The molecule has 25 heavy (non-hydrogen) atoms. The van der Waals surface area contributed by atoms with Crippen molar-refractivity contribution < 1.29 is 8.42 Å². The van der Waals surface area contributed by atoms with Crippen molar-refractivity contribution in [2.24, 2.45) is 0 Å². The molecule has 0 unspecified atom stereocenters. The van der Waals surface area contributed by atoms with Gasteiger partial charge in [0.05, 0.1) is 0 Å². The van der Waals surface area contributed by atoms with Gasteiger partial charge in [-0.15, -0.1) is 11.3 Å². The van der Waals surface area contributed by atoms with Crippen LogP contribution in [0.4, 0.5) is 0 Å². The Hall–Kier alpha value is -0.920. The number of benzene rings is 1. The Kier molecular flexibility index (Phi) is 6.17. The summed E-state index contributed by atoms with van der Waals surface area (Å²) in [5.41, 5.74) is 1.29. The van der Waals surface area contributed by atoms with Gasteiger partial charge in [-0.3, -0.25) is 0 Å². The van der Waals surface area contributed by atoms with Crippen molar-refractivity contribution >= 4 is 33.0 Å². The molecule has 0 N–H and O–H groups in total. The van der Waals surface area contributed by atoms with Crippen LogP contribution in [0.25, 0.3) is 0 Å². The van der Waals surface area contributed by atoms with Crippen molar-refractivity contribution in [2.45, 2.75) is 24.0 Å². The van der Waals surface area contributed by atoms with Gasteiger partial charge in [-0.1, -0.05) is 23.7 Å². The Labute approximate surface area is 159 Å². The fraction of sp³-hybridized carbons (Fsp3) is 0.444. The molecule has 7 heteroatoms. The van der Waals surface area contributed by atoms with Crippen molar-refractivity contribution in [1.29, 1.82) is 0 Å². The SMILES string of the molecule is Cc1ccc(S(=O)(=O)N2CCN(CCCc3ccc(Cl)cc3)CC2)s1. The van der Waals surface area contributed by atoms with E-state index in [9.17, 15) is 8.42 Å². The summed E-state index contributed by atoms with van der Waals surface area (Å²) in [6, 6.07) is 11.6. The molecule has 136 valence electrons. The lowest BCUT2D eigenvalue weighted by molar-refractivity contribution is 0.187. The van der Waals surface area contributed by atoms with Gasteiger partial charge in [0.25, 0.3) is 10.0 Å². The van der Waals surface area contributed by atoms with Gasteiger partial charge in [0.2, 0.25) is 0 Å². The van der Waals surface area contributed by atoms with Crippen LogP contribution in [0.5, 0.6) is 0 Å². The summed E-state index contributed by atoms with van der Waals surface area (Å²) in [6.07, 6.45) is 2.09. The molecular formula is C18H23ClN2O2S2. The first-order valence-corrected chi connectivity index (χ1v) is 11.1. The topological polar surface area (TPSA) is 40.6 Å². The molecule has 1 aromatic heterocycles. The predicted molar refractivity (Wildman–Crippen MR) is 104 cm³/mol. The fourth-order valence-corrected chi connectivity index (χ4v) is 6.02. The number of aryl methyl sites for hydroxylation is 2. The molecule has 1 aliphatic rings. The highest BCUT2D eigenvalue weighted by Gasteiger charge is 2.29. The van der Waals surface area contributed by atoms with Crippen LogP contribution >= 0.6 is 22.9 Å². The Morgan fingerprint density at radius 2 is 1.72 bits per heavy atom. The first-order chi connectivity index (χ1) is 11.9. The van der Waals surface area contributed by atoms with Crippen LogP contribution in [0.1, 0.15) is 16.9 Å². The second-order valence-corrected chi connectivity index (χ2v) is 10.2. The smallest absolute Gasteiger partial charge is 0.252 e. The van der Waals surface area contributed by atoms with Gasteiger partial charge in [-0.25, -0.2) is 8.42 Å². The number of hydrogen-bond donors (Lipinski definition) is 0. The minimum atomic E-state index is -3.32. The Morgan fingerprint density at radius 3 is 2.32 bits per heavy atom. The summed E-state index contributed by atoms with van der Waals surface area (Å²) in [5, 5.41) is 0.766. The molecule has 2 heterocycles. The molecule has 4 nitrogen and oxygen atoms in total. The molecule has 0 amide bonds. The molecule has 0 radical (unpaired) electrons. The fourth-order valence-electron chi connectivity index (χ4n) is 3.03. The maximum atomic E-state index is 12.6. The lowest BCUT2D eigenvalue weighted by atomic mass is 10.1. The summed E-state index contributed by atoms with van der Waals surface area (Å²) in [7, 11) is -3.32. The molecule has 1 aromatic carbocycles. The minimum Gasteiger partial charge on any atom is -0.301 e. The average molecular weight is 399 g/mol. The van der Waals surface area contributed by atoms with E-state index >= 15 is 0 Å². The molecule has 3 rings (SSSR count). The van der Waals surface area contributed by atoms with E-state index in [2.05, 4.69) is 17.0 Å². The number of rotatable bonds is 6. The second-order valence-electron chi connectivity index (χ2n) is 6.34. The molecule has 0 spiro atoms. The molecule has 1 aliphatic heterocycles. The second kappa shape index (κ2) is 8.18. The van der Waals surface area contributed by atoms with Gasteiger partial charge < -0.3 is 4.90 Å². The van der Waals surface area contributed by atoms with Gasteiger partial charge in [0.1, 0.15) is 4.21 Å². The number of hydrogen-bond acceptors (Lipinski definition) is 4. The largest absolute Gasteiger partial charge is 0.301 e. The van der Waals surface area contributed by atoms with Gasteiger partial charge in [0.15, 0.2) is 0 Å². The van der Waals surface area contributed by atoms with Crippen molar-refractivity contribution in [3.8, 4) is 0 Å². The predicted octanol–water partition coefficient (Wildman–Crippen LogP) is 3.65. The Balaban J connectivity index is 1.46. The lowest BCUT2D eigenvalue weighted by Gasteiger charge is -2.33. The number of piperazine rings is 1. The highest BCUT2D eigenvalue weighted by molar-refractivity contribution is 7.91. The maximum Gasteiger partial charge on any atom is 0.252 e. The number of nitrogens with zero attached hydrogens (tertiary/aromatic N) is 2. The third kappa shape index (κ3) is 4.83. The highest BCUT2D eigenvalue weighted by Crippen LogP contribution is 2.25. The summed E-state index contributed by atoms with van der Waals surface area (Å²) >= 11 is 7.25.